The molecular weight excluding hydrogens is 222 g/mol. The first-order valence-corrected chi connectivity index (χ1v) is 7.13. The molecule has 0 bridgehead atoms. The smallest absolute Gasteiger partial charge is 0.118 e. The first kappa shape index (κ1) is 12.0. The quantitative estimate of drug-likeness (QED) is 0.861. The van der Waals surface area contributed by atoms with E-state index in [2.05, 4.69) is 36.6 Å². The topological polar surface area (TPSA) is 21.3 Å². The molecule has 2 saturated carbocycles. The maximum atomic E-state index is 5.21. The van der Waals surface area contributed by atoms with Gasteiger partial charge in [-0.2, -0.15) is 0 Å². The first-order chi connectivity index (χ1) is 8.83. The zero-order chi connectivity index (χ0) is 12.5. The molecule has 0 aliphatic heterocycles. The summed E-state index contributed by atoms with van der Waals surface area (Å²) < 4.78 is 5.21. The van der Waals surface area contributed by atoms with Crippen molar-refractivity contribution in [2.45, 2.75) is 31.7 Å². The SMILES string of the molecule is CNC(Cc1ccc(OC)cc1)C1C2CCCC21. The molecule has 1 aromatic rings. The Morgan fingerprint density at radius 1 is 1.22 bits per heavy atom. The number of ether oxygens (including phenoxy) is 1. The minimum atomic E-state index is 0.661. The van der Waals surface area contributed by atoms with Gasteiger partial charge in [-0.1, -0.05) is 18.6 Å². The highest BCUT2D eigenvalue weighted by atomic mass is 16.5. The Kier molecular flexibility index (Phi) is 3.29. The number of hydrogen-bond acceptors (Lipinski definition) is 2. The zero-order valence-corrected chi connectivity index (χ0v) is 11.4. The summed E-state index contributed by atoms with van der Waals surface area (Å²) in [6.45, 7) is 0. The number of hydrogen-bond donors (Lipinski definition) is 1. The Hall–Kier alpha value is -1.02. The van der Waals surface area contributed by atoms with Crippen molar-refractivity contribution in [3.63, 3.8) is 0 Å². The second-order valence-electron chi connectivity index (χ2n) is 5.78. The van der Waals surface area contributed by atoms with Crippen LogP contribution in [0.15, 0.2) is 24.3 Å². The van der Waals surface area contributed by atoms with Crippen LogP contribution >= 0.6 is 0 Å². The van der Waals surface area contributed by atoms with Gasteiger partial charge in [0.15, 0.2) is 0 Å². The van der Waals surface area contributed by atoms with Crippen LogP contribution in [0.1, 0.15) is 24.8 Å². The van der Waals surface area contributed by atoms with Gasteiger partial charge in [0, 0.05) is 6.04 Å². The predicted molar refractivity (Wildman–Crippen MR) is 73.9 cm³/mol. The molecule has 1 aromatic carbocycles. The standard InChI is InChI=1S/C16H23NO/c1-17-15(16-13-4-3-5-14(13)16)10-11-6-8-12(18-2)9-7-11/h6-9,13-17H,3-5,10H2,1-2H3. The molecule has 0 saturated heterocycles. The van der Waals surface area contributed by atoms with Gasteiger partial charge in [-0.05, 0) is 61.8 Å². The van der Waals surface area contributed by atoms with E-state index in [4.69, 9.17) is 4.74 Å². The van der Waals surface area contributed by atoms with Crippen molar-refractivity contribution in [1.29, 1.82) is 0 Å². The molecule has 0 aromatic heterocycles. The van der Waals surface area contributed by atoms with Gasteiger partial charge in [0.1, 0.15) is 5.75 Å². The van der Waals surface area contributed by atoms with Crippen molar-refractivity contribution in [1.82, 2.24) is 5.32 Å². The van der Waals surface area contributed by atoms with Crippen molar-refractivity contribution >= 4 is 0 Å². The third-order valence-electron chi connectivity index (χ3n) is 4.92. The Morgan fingerprint density at radius 2 is 1.89 bits per heavy atom. The van der Waals surface area contributed by atoms with Crippen LogP contribution in [0.5, 0.6) is 5.75 Å². The van der Waals surface area contributed by atoms with Crippen LogP contribution < -0.4 is 10.1 Å². The fourth-order valence-electron chi connectivity index (χ4n) is 3.92. The van der Waals surface area contributed by atoms with E-state index < -0.39 is 0 Å². The molecule has 1 N–H and O–H groups in total. The molecule has 2 heteroatoms. The molecule has 3 rings (SSSR count). The van der Waals surface area contributed by atoms with Crippen molar-refractivity contribution < 1.29 is 4.74 Å². The van der Waals surface area contributed by atoms with Gasteiger partial charge in [-0.3, -0.25) is 0 Å². The fourth-order valence-corrected chi connectivity index (χ4v) is 3.92. The lowest BCUT2D eigenvalue weighted by Gasteiger charge is -2.18. The molecule has 2 aliphatic rings. The molecule has 2 nitrogen and oxygen atoms in total. The molecule has 2 aliphatic carbocycles. The van der Waals surface area contributed by atoms with Crippen LogP contribution in [0, 0.1) is 17.8 Å². The number of nitrogens with one attached hydrogen (secondary N) is 1. The van der Waals surface area contributed by atoms with Gasteiger partial charge in [0.2, 0.25) is 0 Å². The van der Waals surface area contributed by atoms with E-state index in [0.717, 1.165) is 29.9 Å². The summed E-state index contributed by atoms with van der Waals surface area (Å²) in [5, 5.41) is 3.54. The molecule has 0 heterocycles. The Morgan fingerprint density at radius 3 is 2.44 bits per heavy atom. The van der Waals surface area contributed by atoms with Gasteiger partial charge in [-0.15, -0.1) is 0 Å². The van der Waals surface area contributed by atoms with Gasteiger partial charge >= 0.3 is 0 Å². The highest BCUT2D eigenvalue weighted by Gasteiger charge is 2.55. The van der Waals surface area contributed by atoms with E-state index in [1.54, 1.807) is 7.11 Å². The Bertz CT molecular complexity index is 390. The van der Waals surface area contributed by atoms with E-state index in [0.29, 0.717) is 6.04 Å². The Balaban J connectivity index is 1.63. The molecule has 3 atom stereocenters. The number of rotatable bonds is 5. The van der Waals surface area contributed by atoms with E-state index in [-0.39, 0.29) is 0 Å². The summed E-state index contributed by atoms with van der Waals surface area (Å²) in [5.41, 5.74) is 1.42. The number of benzene rings is 1. The molecular formula is C16H23NO. The lowest BCUT2D eigenvalue weighted by molar-refractivity contribution is 0.413. The van der Waals surface area contributed by atoms with Gasteiger partial charge in [0.25, 0.3) is 0 Å². The van der Waals surface area contributed by atoms with Gasteiger partial charge in [0.05, 0.1) is 7.11 Å². The van der Waals surface area contributed by atoms with Crippen LogP contribution in [-0.2, 0) is 6.42 Å². The molecule has 18 heavy (non-hydrogen) atoms. The highest BCUT2D eigenvalue weighted by Crippen LogP contribution is 2.59. The number of methoxy groups -OCH3 is 1. The molecule has 0 amide bonds. The van der Waals surface area contributed by atoms with Crippen molar-refractivity contribution in [2.75, 3.05) is 14.2 Å². The third-order valence-corrected chi connectivity index (χ3v) is 4.92. The Labute approximate surface area is 110 Å². The third kappa shape index (κ3) is 2.14. The second-order valence-corrected chi connectivity index (χ2v) is 5.78. The molecule has 3 unspecified atom stereocenters. The normalized spacial score (nSPS) is 30.9. The minimum Gasteiger partial charge on any atom is -0.497 e. The predicted octanol–water partition coefficient (Wildman–Crippen LogP) is 2.87. The fraction of sp³-hybridized carbons (Fsp3) is 0.625. The average molecular weight is 245 g/mol. The minimum absolute atomic E-state index is 0.661. The second kappa shape index (κ2) is 4.93. The van der Waals surface area contributed by atoms with Gasteiger partial charge in [-0.25, -0.2) is 0 Å². The van der Waals surface area contributed by atoms with Crippen LogP contribution in [0.4, 0.5) is 0 Å². The summed E-state index contributed by atoms with van der Waals surface area (Å²) in [4.78, 5) is 0. The van der Waals surface area contributed by atoms with Gasteiger partial charge < -0.3 is 10.1 Å². The average Bonchev–Trinajstić information content (AvgIpc) is 2.89. The summed E-state index contributed by atoms with van der Waals surface area (Å²) in [6.07, 6.45) is 5.55. The van der Waals surface area contributed by atoms with Crippen molar-refractivity contribution in [3.8, 4) is 5.75 Å². The molecule has 2 fully saturated rings. The van der Waals surface area contributed by atoms with Crippen LogP contribution in [0.25, 0.3) is 0 Å². The van der Waals surface area contributed by atoms with Crippen molar-refractivity contribution in [3.05, 3.63) is 29.8 Å². The molecule has 0 radical (unpaired) electrons. The summed E-state index contributed by atoms with van der Waals surface area (Å²) in [7, 11) is 3.83. The number of fused-ring (bicyclic) bond motifs is 1. The van der Waals surface area contributed by atoms with Crippen molar-refractivity contribution in [2.24, 2.45) is 17.8 Å². The number of likely N-dealkylation sites (N-methyl/N-ethyl adjacent to an activating group) is 1. The zero-order valence-electron chi connectivity index (χ0n) is 11.4. The van der Waals surface area contributed by atoms with E-state index in [1.807, 2.05) is 0 Å². The molecule has 98 valence electrons. The highest BCUT2D eigenvalue weighted by molar-refractivity contribution is 5.28. The maximum absolute atomic E-state index is 5.21. The van der Waals surface area contributed by atoms with Crippen LogP contribution in [-0.4, -0.2) is 20.2 Å². The van der Waals surface area contributed by atoms with Crippen LogP contribution in [0.3, 0.4) is 0 Å². The monoisotopic (exact) mass is 245 g/mol. The summed E-state index contributed by atoms with van der Waals surface area (Å²) in [5.74, 6) is 3.94. The lowest BCUT2D eigenvalue weighted by Crippen LogP contribution is -2.31. The van der Waals surface area contributed by atoms with Crippen LogP contribution in [0.2, 0.25) is 0 Å². The molecule has 0 spiro atoms. The van der Waals surface area contributed by atoms with E-state index in [9.17, 15) is 0 Å². The largest absolute Gasteiger partial charge is 0.497 e. The summed E-state index contributed by atoms with van der Waals surface area (Å²) in [6, 6.07) is 9.18. The lowest BCUT2D eigenvalue weighted by atomic mass is 9.97. The summed E-state index contributed by atoms with van der Waals surface area (Å²) >= 11 is 0. The first-order valence-electron chi connectivity index (χ1n) is 7.13. The van der Waals surface area contributed by atoms with E-state index >= 15 is 0 Å². The maximum Gasteiger partial charge on any atom is 0.118 e. The van der Waals surface area contributed by atoms with E-state index in [1.165, 1.54) is 24.8 Å².